The average Bonchev–Trinajstić information content (AvgIpc) is 3.86. The number of aromatic nitrogens is 3. The summed E-state index contributed by atoms with van der Waals surface area (Å²) in [6, 6.07) is 57.5. The molecule has 0 bridgehead atoms. The topological polar surface area (TPSA) is 51.8 Å². The minimum atomic E-state index is 0.640. The van der Waals surface area contributed by atoms with Gasteiger partial charge in [-0.2, -0.15) is 0 Å². The van der Waals surface area contributed by atoms with Gasteiger partial charge in [0, 0.05) is 47.6 Å². The largest absolute Gasteiger partial charge is 0.456 e. The maximum absolute atomic E-state index is 6.55. The molecule has 0 atom stereocenters. The quantitative estimate of drug-likeness (QED) is 0.171. The SMILES string of the molecule is C1=C(c2ccccc2)CCC(c2nc(-c3ccccc3)nc(-c3ccc4oc5cccc(-c6cccc7c6sc6cccc(-c8ccccc8)c67)c5c4c3)n2)=C1. The Labute approximate surface area is 327 Å². The van der Waals surface area contributed by atoms with Gasteiger partial charge in [0.25, 0.3) is 0 Å². The zero-order valence-electron chi connectivity index (χ0n) is 30.3. The summed E-state index contributed by atoms with van der Waals surface area (Å²) in [5, 5.41) is 4.68. The first kappa shape index (κ1) is 32.5. The molecule has 56 heavy (non-hydrogen) atoms. The van der Waals surface area contributed by atoms with E-state index >= 15 is 0 Å². The number of hydrogen-bond acceptors (Lipinski definition) is 5. The first-order valence-electron chi connectivity index (χ1n) is 19.0. The van der Waals surface area contributed by atoms with Crippen molar-refractivity contribution in [2.24, 2.45) is 0 Å². The minimum absolute atomic E-state index is 0.640. The Hall–Kier alpha value is -6.95. The van der Waals surface area contributed by atoms with E-state index in [-0.39, 0.29) is 0 Å². The van der Waals surface area contributed by atoms with Crippen molar-refractivity contribution in [3.8, 4) is 45.0 Å². The zero-order valence-corrected chi connectivity index (χ0v) is 31.1. The Balaban J connectivity index is 1.07. The molecule has 0 aliphatic heterocycles. The Bertz CT molecular complexity index is 3180. The number of fused-ring (bicyclic) bond motifs is 6. The van der Waals surface area contributed by atoms with Gasteiger partial charge in [0.1, 0.15) is 11.2 Å². The highest BCUT2D eigenvalue weighted by molar-refractivity contribution is 7.26. The van der Waals surface area contributed by atoms with Crippen molar-refractivity contribution in [3.05, 3.63) is 187 Å². The summed E-state index contributed by atoms with van der Waals surface area (Å²) in [6.07, 6.45) is 6.16. The van der Waals surface area contributed by atoms with E-state index in [1.807, 2.05) is 29.5 Å². The lowest BCUT2D eigenvalue weighted by Gasteiger charge is -2.15. The molecule has 11 rings (SSSR count). The van der Waals surface area contributed by atoms with E-state index < -0.39 is 0 Å². The van der Waals surface area contributed by atoms with Crippen LogP contribution in [0.3, 0.4) is 0 Å². The van der Waals surface area contributed by atoms with E-state index in [1.54, 1.807) is 0 Å². The van der Waals surface area contributed by atoms with Crippen molar-refractivity contribution in [2.45, 2.75) is 12.8 Å². The molecule has 0 saturated carbocycles. The van der Waals surface area contributed by atoms with Gasteiger partial charge in [0.05, 0.1) is 0 Å². The van der Waals surface area contributed by atoms with Gasteiger partial charge < -0.3 is 4.42 Å². The molecule has 4 nitrogen and oxygen atoms in total. The Morgan fingerprint density at radius 2 is 1.04 bits per heavy atom. The first-order valence-corrected chi connectivity index (χ1v) is 19.8. The van der Waals surface area contributed by atoms with Crippen LogP contribution in [0.4, 0.5) is 0 Å². The van der Waals surface area contributed by atoms with E-state index in [0.29, 0.717) is 17.5 Å². The Kier molecular flexibility index (Phi) is 7.78. The molecule has 0 fully saturated rings. The monoisotopic (exact) mass is 735 g/mol. The van der Waals surface area contributed by atoms with Crippen LogP contribution in [-0.2, 0) is 0 Å². The Morgan fingerprint density at radius 3 is 1.80 bits per heavy atom. The fraction of sp³-hybridized carbons (Fsp3) is 0.0392. The molecule has 10 aromatic rings. The molecule has 0 unspecified atom stereocenters. The van der Waals surface area contributed by atoms with E-state index in [4.69, 9.17) is 19.4 Å². The molecule has 264 valence electrons. The summed E-state index contributed by atoms with van der Waals surface area (Å²) in [6.45, 7) is 0. The van der Waals surface area contributed by atoms with Crippen LogP contribution in [0, 0.1) is 0 Å². The minimum Gasteiger partial charge on any atom is -0.456 e. The molecule has 5 heteroatoms. The number of benzene rings is 7. The molecular formula is C51H33N3OS. The van der Waals surface area contributed by atoms with Gasteiger partial charge in [-0.15, -0.1) is 11.3 Å². The summed E-state index contributed by atoms with van der Waals surface area (Å²) >= 11 is 1.85. The molecule has 1 aliphatic rings. The molecule has 0 radical (unpaired) electrons. The third kappa shape index (κ3) is 5.55. The highest BCUT2D eigenvalue weighted by atomic mass is 32.1. The third-order valence-electron chi connectivity index (χ3n) is 10.9. The molecule has 1 aliphatic carbocycles. The van der Waals surface area contributed by atoms with Crippen molar-refractivity contribution in [2.75, 3.05) is 0 Å². The summed E-state index contributed by atoms with van der Waals surface area (Å²) in [5.74, 6) is 2.01. The lowest BCUT2D eigenvalue weighted by atomic mass is 9.93. The van der Waals surface area contributed by atoms with Crippen LogP contribution in [-0.4, -0.2) is 15.0 Å². The normalized spacial score (nSPS) is 13.1. The predicted molar refractivity (Wildman–Crippen MR) is 233 cm³/mol. The average molecular weight is 736 g/mol. The fourth-order valence-corrected chi connectivity index (χ4v) is 9.45. The molecule has 0 spiro atoms. The van der Waals surface area contributed by atoms with Gasteiger partial charge in [-0.05, 0) is 76.6 Å². The maximum atomic E-state index is 6.55. The molecule has 0 amide bonds. The van der Waals surface area contributed by atoms with Gasteiger partial charge >= 0.3 is 0 Å². The van der Waals surface area contributed by atoms with E-state index in [9.17, 15) is 0 Å². The summed E-state index contributed by atoms with van der Waals surface area (Å²) in [7, 11) is 0. The fourth-order valence-electron chi connectivity index (χ4n) is 8.19. The number of thiophene rings is 1. The molecule has 0 N–H and O–H groups in total. The molecule has 0 saturated heterocycles. The number of allylic oxidation sites excluding steroid dienone is 4. The van der Waals surface area contributed by atoms with Crippen molar-refractivity contribution >= 4 is 64.6 Å². The first-order chi connectivity index (χ1) is 27.7. The zero-order chi connectivity index (χ0) is 37.0. The highest BCUT2D eigenvalue weighted by Crippen LogP contribution is 2.46. The lowest BCUT2D eigenvalue weighted by Crippen LogP contribution is -2.04. The van der Waals surface area contributed by atoms with Crippen LogP contribution in [0.2, 0.25) is 0 Å². The second kappa shape index (κ2) is 13.4. The third-order valence-corrected chi connectivity index (χ3v) is 12.1. The number of hydrogen-bond donors (Lipinski definition) is 0. The van der Waals surface area contributed by atoms with Gasteiger partial charge in [0.15, 0.2) is 17.5 Å². The number of furan rings is 1. The van der Waals surface area contributed by atoms with Gasteiger partial charge in [-0.3, -0.25) is 0 Å². The summed E-state index contributed by atoms with van der Waals surface area (Å²) in [4.78, 5) is 15.3. The van der Waals surface area contributed by atoms with Crippen molar-refractivity contribution in [1.29, 1.82) is 0 Å². The number of rotatable bonds is 6. The lowest BCUT2D eigenvalue weighted by molar-refractivity contribution is 0.669. The van der Waals surface area contributed by atoms with Crippen LogP contribution < -0.4 is 0 Å². The van der Waals surface area contributed by atoms with Crippen molar-refractivity contribution in [1.82, 2.24) is 15.0 Å². The van der Waals surface area contributed by atoms with Crippen LogP contribution in [0.25, 0.3) is 98.3 Å². The molecule has 3 aromatic heterocycles. The van der Waals surface area contributed by atoms with E-state index in [0.717, 1.165) is 57.0 Å². The van der Waals surface area contributed by atoms with Crippen LogP contribution in [0.15, 0.2) is 180 Å². The molecular weight excluding hydrogens is 703 g/mol. The smallest absolute Gasteiger partial charge is 0.164 e. The highest BCUT2D eigenvalue weighted by Gasteiger charge is 2.21. The Morgan fingerprint density at radius 1 is 0.411 bits per heavy atom. The second-order valence-electron chi connectivity index (χ2n) is 14.2. The molecule has 3 heterocycles. The predicted octanol–water partition coefficient (Wildman–Crippen LogP) is 14.1. The van der Waals surface area contributed by atoms with Crippen molar-refractivity contribution in [3.63, 3.8) is 0 Å². The maximum Gasteiger partial charge on any atom is 0.164 e. The van der Waals surface area contributed by atoms with Crippen LogP contribution in [0.5, 0.6) is 0 Å². The number of nitrogens with zero attached hydrogens (tertiary/aromatic N) is 3. The van der Waals surface area contributed by atoms with Gasteiger partial charge in [-0.25, -0.2) is 15.0 Å². The van der Waals surface area contributed by atoms with Crippen molar-refractivity contribution < 1.29 is 4.42 Å². The van der Waals surface area contributed by atoms with Crippen LogP contribution in [0.1, 0.15) is 24.2 Å². The summed E-state index contributed by atoms with van der Waals surface area (Å²) < 4.78 is 9.09. The summed E-state index contributed by atoms with van der Waals surface area (Å²) in [5.41, 5.74) is 12.1. The standard InChI is InChI=1S/C51H33N3OS/c1-4-13-32(14-5-1)33-25-27-36(28-26-33)50-52-49(35-17-8-3-9-18-35)53-51(54-50)37-29-30-43-42(31-37)46-39(20-11-23-44(46)55-43)40-21-10-22-41-47-38(34-15-6-2-7-16-34)19-12-24-45(47)56-48(40)41/h1-25,27,29-31H,26,28H2. The van der Waals surface area contributed by atoms with Crippen LogP contribution >= 0.6 is 11.3 Å². The van der Waals surface area contributed by atoms with Gasteiger partial charge in [0.2, 0.25) is 0 Å². The van der Waals surface area contributed by atoms with E-state index in [1.165, 1.54) is 48.0 Å². The van der Waals surface area contributed by atoms with E-state index in [2.05, 4.69) is 158 Å². The molecule has 7 aromatic carbocycles. The van der Waals surface area contributed by atoms with Gasteiger partial charge in [-0.1, -0.05) is 146 Å². The second-order valence-corrected chi connectivity index (χ2v) is 15.3.